The number of carboxylic acids is 1. The lowest BCUT2D eigenvalue weighted by molar-refractivity contribution is -0.134. The van der Waals surface area contributed by atoms with Gasteiger partial charge in [0.1, 0.15) is 5.02 Å². The second-order valence-electron chi connectivity index (χ2n) is 3.25. The largest absolute Gasteiger partial charge is 0.478 e. The Bertz CT molecular complexity index is 523. The van der Waals surface area contributed by atoms with Crippen molar-refractivity contribution in [2.45, 2.75) is 13.8 Å². The van der Waals surface area contributed by atoms with Gasteiger partial charge in [-0.05, 0) is 12.1 Å². The third-order valence-electron chi connectivity index (χ3n) is 1.79. The maximum absolute atomic E-state index is 10.9. The van der Waals surface area contributed by atoms with Crippen LogP contribution in [0.2, 0.25) is 5.02 Å². The predicted molar refractivity (Wildman–Crippen MR) is 61.0 cm³/mol. The number of benzene rings is 1. The monoisotopic (exact) mass is 272 g/mol. The van der Waals surface area contributed by atoms with E-state index < -0.39 is 17.9 Å². The van der Waals surface area contributed by atoms with E-state index in [0.717, 1.165) is 19.9 Å². The molecule has 1 rings (SSSR count). The number of carbonyl (C=O) groups is 3. The van der Waals surface area contributed by atoms with Crippen molar-refractivity contribution < 1.29 is 29.0 Å². The summed E-state index contributed by atoms with van der Waals surface area (Å²) in [6.07, 6.45) is 0. The van der Waals surface area contributed by atoms with Gasteiger partial charge in [0, 0.05) is 13.8 Å². The van der Waals surface area contributed by atoms with Gasteiger partial charge < -0.3 is 14.6 Å². The molecule has 0 aliphatic rings. The van der Waals surface area contributed by atoms with Crippen LogP contribution in [0.25, 0.3) is 0 Å². The molecule has 0 fully saturated rings. The quantitative estimate of drug-likeness (QED) is 0.667. The minimum atomic E-state index is -1.29. The Morgan fingerprint density at radius 3 is 2.11 bits per heavy atom. The molecule has 0 unspecified atom stereocenters. The van der Waals surface area contributed by atoms with Crippen LogP contribution in [0.15, 0.2) is 12.1 Å². The highest BCUT2D eigenvalue weighted by Gasteiger charge is 2.20. The number of rotatable bonds is 3. The van der Waals surface area contributed by atoms with Crippen molar-refractivity contribution in [3.8, 4) is 11.5 Å². The fraction of sp³-hybridized carbons (Fsp3) is 0.182. The first-order chi connectivity index (χ1) is 8.32. The van der Waals surface area contributed by atoms with Crippen LogP contribution in [-0.4, -0.2) is 23.0 Å². The van der Waals surface area contributed by atoms with Crippen LogP contribution in [0.5, 0.6) is 11.5 Å². The summed E-state index contributed by atoms with van der Waals surface area (Å²) in [6.45, 7) is 2.26. The number of carboxylic acid groups (broad SMARTS) is 1. The minimum Gasteiger partial charge on any atom is -0.478 e. The Balaban J connectivity index is 3.35. The van der Waals surface area contributed by atoms with Crippen molar-refractivity contribution in [3.63, 3.8) is 0 Å². The number of esters is 2. The van der Waals surface area contributed by atoms with Crippen molar-refractivity contribution in [3.05, 3.63) is 22.7 Å². The van der Waals surface area contributed by atoms with Crippen molar-refractivity contribution in [1.29, 1.82) is 0 Å². The molecular formula is C11H9ClO6. The Labute approximate surface area is 107 Å². The SMILES string of the molecule is CC(=O)Oc1ccc(C(=O)O)c(Cl)c1OC(C)=O. The van der Waals surface area contributed by atoms with Gasteiger partial charge in [0.15, 0.2) is 11.5 Å². The molecule has 7 heteroatoms. The Morgan fingerprint density at radius 1 is 1.11 bits per heavy atom. The highest BCUT2D eigenvalue weighted by molar-refractivity contribution is 6.35. The third kappa shape index (κ3) is 3.21. The molecule has 0 spiro atoms. The fourth-order valence-corrected chi connectivity index (χ4v) is 1.45. The van der Waals surface area contributed by atoms with Gasteiger partial charge in [-0.2, -0.15) is 0 Å². The summed E-state index contributed by atoms with van der Waals surface area (Å²) in [6, 6.07) is 2.34. The summed E-state index contributed by atoms with van der Waals surface area (Å²) in [5, 5.41) is 8.56. The van der Waals surface area contributed by atoms with Gasteiger partial charge in [0.2, 0.25) is 0 Å². The number of ether oxygens (including phenoxy) is 2. The number of hydrogen-bond donors (Lipinski definition) is 1. The highest BCUT2D eigenvalue weighted by atomic mass is 35.5. The lowest BCUT2D eigenvalue weighted by atomic mass is 10.2. The van der Waals surface area contributed by atoms with E-state index in [9.17, 15) is 14.4 Å². The van der Waals surface area contributed by atoms with Crippen LogP contribution in [-0.2, 0) is 9.59 Å². The molecular weight excluding hydrogens is 264 g/mol. The van der Waals surface area contributed by atoms with Crippen LogP contribution < -0.4 is 9.47 Å². The van der Waals surface area contributed by atoms with Gasteiger partial charge >= 0.3 is 17.9 Å². The van der Waals surface area contributed by atoms with Gasteiger partial charge in [-0.25, -0.2) is 4.79 Å². The Hall–Kier alpha value is -2.08. The van der Waals surface area contributed by atoms with E-state index in [2.05, 4.69) is 0 Å². The van der Waals surface area contributed by atoms with E-state index in [4.69, 9.17) is 26.2 Å². The third-order valence-corrected chi connectivity index (χ3v) is 2.17. The molecule has 0 amide bonds. The van der Waals surface area contributed by atoms with Crippen LogP contribution in [0.1, 0.15) is 24.2 Å². The van der Waals surface area contributed by atoms with E-state index in [1.54, 1.807) is 0 Å². The first kappa shape index (κ1) is 14.0. The first-order valence-corrected chi connectivity index (χ1v) is 5.13. The van der Waals surface area contributed by atoms with Crippen LogP contribution in [0, 0.1) is 0 Å². The molecule has 0 aromatic heterocycles. The summed E-state index contributed by atoms with van der Waals surface area (Å²) in [4.78, 5) is 32.6. The van der Waals surface area contributed by atoms with E-state index in [1.807, 2.05) is 0 Å². The maximum atomic E-state index is 10.9. The topological polar surface area (TPSA) is 89.9 Å². The molecule has 0 aliphatic carbocycles. The summed E-state index contributed by atoms with van der Waals surface area (Å²) in [5.74, 6) is -3.06. The Kier molecular flexibility index (Phi) is 4.28. The second kappa shape index (κ2) is 5.50. The van der Waals surface area contributed by atoms with Crippen molar-refractivity contribution in [1.82, 2.24) is 0 Å². The zero-order chi connectivity index (χ0) is 13.9. The van der Waals surface area contributed by atoms with Crippen molar-refractivity contribution in [2.24, 2.45) is 0 Å². The lowest BCUT2D eigenvalue weighted by Crippen LogP contribution is -2.09. The van der Waals surface area contributed by atoms with Crippen LogP contribution in [0.4, 0.5) is 0 Å². The molecule has 0 aliphatic heterocycles. The van der Waals surface area contributed by atoms with Crippen LogP contribution >= 0.6 is 11.6 Å². The van der Waals surface area contributed by atoms with Gasteiger partial charge in [-0.3, -0.25) is 9.59 Å². The molecule has 0 heterocycles. The Morgan fingerprint density at radius 2 is 1.67 bits per heavy atom. The standard InChI is InChI=1S/C11H9ClO6/c1-5(13)17-8-4-3-7(11(15)16)9(12)10(8)18-6(2)14/h3-4H,1-2H3,(H,15,16). The van der Waals surface area contributed by atoms with Gasteiger partial charge in [-0.1, -0.05) is 11.6 Å². The van der Waals surface area contributed by atoms with Gasteiger partial charge in [-0.15, -0.1) is 0 Å². The number of carbonyl (C=O) groups excluding carboxylic acids is 2. The van der Waals surface area contributed by atoms with E-state index in [0.29, 0.717) is 0 Å². The molecule has 1 N–H and O–H groups in total. The minimum absolute atomic E-state index is 0.118. The smallest absolute Gasteiger partial charge is 0.337 e. The first-order valence-electron chi connectivity index (χ1n) is 4.75. The van der Waals surface area contributed by atoms with E-state index >= 15 is 0 Å². The molecule has 0 saturated carbocycles. The number of hydrogen-bond acceptors (Lipinski definition) is 5. The zero-order valence-corrected chi connectivity index (χ0v) is 10.3. The predicted octanol–water partition coefficient (Wildman–Crippen LogP) is 1.89. The molecule has 0 atom stereocenters. The van der Waals surface area contributed by atoms with E-state index in [1.165, 1.54) is 6.07 Å². The number of aromatic carboxylic acids is 1. The highest BCUT2D eigenvalue weighted by Crippen LogP contribution is 2.38. The summed E-state index contributed by atoms with van der Waals surface area (Å²) in [5.41, 5.74) is -0.260. The molecule has 1 aromatic rings. The van der Waals surface area contributed by atoms with Gasteiger partial charge in [0.05, 0.1) is 5.56 Å². The summed E-state index contributed by atoms with van der Waals surface area (Å²) >= 11 is 5.79. The van der Waals surface area contributed by atoms with Gasteiger partial charge in [0.25, 0.3) is 0 Å². The molecule has 6 nitrogen and oxygen atoms in total. The molecule has 0 bridgehead atoms. The number of halogens is 1. The molecule has 96 valence electrons. The summed E-state index contributed by atoms with van der Waals surface area (Å²) in [7, 11) is 0. The lowest BCUT2D eigenvalue weighted by Gasteiger charge is -2.11. The van der Waals surface area contributed by atoms with E-state index in [-0.39, 0.29) is 22.1 Å². The average molecular weight is 273 g/mol. The average Bonchev–Trinajstić information content (AvgIpc) is 2.21. The molecule has 0 radical (unpaired) electrons. The zero-order valence-electron chi connectivity index (χ0n) is 9.52. The molecule has 18 heavy (non-hydrogen) atoms. The fourth-order valence-electron chi connectivity index (χ4n) is 1.18. The maximum Gasteiger partial charge on any atom is 0.337 e. The summed E-state index contributed by atoms with van der Waals surface area (Å²) < 4.78 is 9.52. The van der Waals surface area contributed by atoms with Crippen molar-refractivity contribution in [2.75, 3.05) is 0 Å². The molecule has 1 aromatic carbocycles. The normalized spacial score (nSPS) is 9.72. The van der Waals surface area contributed by atoms with Crippen LogP contribution in [0.3, 0.4) is 0 Å². The molecule has 0 saturated heterocycles. The second-order valence-corrected chi connectivity index (χ2v) is 3.62. The van der Waals surface area contributed by atoms with Crippen molar-refractivity contribution >= 4 is 29.5 Å².